The van der Waals surface area contributed by atoms with E-state index >= 15 is 0 Å². The largest absolute Gasteiger partial charge is 0.481 e. The Bertz CT molecular complexity index is 347. The molecule has 0 aromatic heterocycles. The molecule has 122 valence electrons. The van der Waals surface area contributed by atoms with Crippen LogP contribution < -0.4 is 16.0 Å². The molecular weight excluding hydrogens is 278 g/mol. The lowest BCUT2D eigenvalue weighted by Gasteiger charge is -2.15. The van der Waals surface area contributed by atoms with E-state index in [1.165, 1.54) is 7.11 Å². The van der Waals surface area contributed by atoms with E-state index in [2.05, 4.69) is 16.0 Å². The lowest BCUT2D eigenvalue weighted by atomic mass is 9.97. The Morgan fingerprint density at radius 1 is 1.14 bits per heavy atom. The fourth-order valence-corrected chi connectivity index (χ4v) is 1.63. The average Bonchev–Trinajstić information content (AvgIpc) is 2.40. The van der Waals surface area contributed by atoms with Crippen LogP contribution in [0.3, 0.4) is 0 Å². The van der Waals surface area contributed by atoms with Gasteiger partial charge in [0.15, 0.2) is 0 Å². The van der Waals surface area contributed by atoms with Crippen LogP contribution in [-0.4, -0.2) is 56.4 Å². The number of aliphatic carboxylic acids is 1. The van der Waals surface area contributed by atoms with E-state index in [-0.39, 0.29) is 24.9 Å². The molecule has 21 heavy (non-hydrogen) atoms. The first-order valence-electron chi connectivity index (χ1n) is 6.87. The number of methoxy groups -OCH3 is 1. The van der Waals surface area contributed by atoms with Crippen molar-refractivity contribution in [3.63, 3.8) is 0 Å². The van der Waals surface area contributed by atoms with Crippen LogP contribution >= 0.6 is 0 Å². The second-order valence-electron chi connectivity index (χ2n) is 5.07. The zero-order valence-electron chi connectivity index (χ0n) is 12.8. The number of carboxylic acid groups (broad SMARTS) is 1. The van der Waals surface area contributed by atoms with Crippen molar-refractivity contribution in [2.45, 2.75) is 20.3 Å². The molecule has 0 fully saturated rings. The zero-order valence-corrected chi connectivity index (χ0v) is 12.8. The number of hydrogen-bond donors (Lipinski definition) is 4. The summed E-state index contributed by atoms with van der Waals surface area (Å²) < 4.78 is 4.77. The Hall–Kier alpha value is -1.83. The van der Waals surface area contributed by atoms with Crippen molar-refractivity contribution >= 4 is 17.9 Å². The monoisotopic (exact) mass is 303 g/mol. The fraction of sp³-hybridized carbons (Fsp3) is 0.769. The van der Waals surface area contributed by atoms with E-state index in [4.69, 9.17) is 9.84 Å². The highest BCUT2D eigenvalue weighted by Gasteiger charge is 2.19. The van der Waals surface area contributed by atoms with E-state index in [0.29, 0.717) is 19.6 Å². The molecule has 0 aliphatic heterocycles. The van der Waals surface area contributed by atoms with Crippen LogP contribution in [0.5, 0.6) is 0 Å². The molecule has 0 bridgehead atoms. The van der Waals surface area contributed by atoms with Gasteiger partial charge in [-0.2, -0.15) is 0 Å². The number of rotatable bonds is 10. The molecule has 3 amide bonds. The fourth-order valence-electron chi connectivity index (χ4n) is 1.63. The average molecular weight is 303 g/mol. The molecule has 1 unspecified atom stereocenters. The van der Waals surface area contributed by atoms with Gasteiger partial charge in [-0.15, -0.1) is 0 Å². The van der Waals surface area contributed by atoms with Crippen LogP contribution in [0.15, 0.2) is 0 Å². The Kier molecular flexibility index (Phi) is 9.95. The molecule has 8 nitrogen and oxygen atoms in total. The molecule has 0 saturated carbocycles. The van der Waals surface area contributed by atoms with Crippen molar-refractivity contribution in [2.24, 2.45) is 11.8 Å². The SMILES string of the molecule is COCCNC(=O)CNC(=O)NCC(CC(C)C)C(=O)O. The van der Waals surface area contributed by atoms with E-state index in [1.54, 1.807) is 0 Å². The Balaban J connectivity index is 3.92. The summed E-state index contributed by atoms with van der Waals surface area (Å²) in [5, 5.41) is 16.4. The van der Waals surface area contributed by atoms with E-state index in [1.807, 2.05) is 13.8 Å². The normalized spacial score (nSPS) is 11.8. The Morgan fingerprint density at radius 3 is 2.33 bits per heavy atom. The highest BCUT2D eigenvalue weighted by molar-refractivity contribution is 5.84. The molecule has 0 aliphatic rings. The van der Waals surface area contributed by atoms with Crippen LogP contribution in [-0.2, 0) is 14.3 Å². The minimum Gasteiger partial charge on any atom is -0.481 e. The van der Waals surface area contributed by atoms with Gasteiger partial charge in [-0.05, 0) is 12.3 Å². The van der Waals surface area contributed by atoms with Gasteiger partial charge in [0.1, 0.15) is 0 Å². The summed E-state index contributed by atoms with van der Waals surface area (Å²) in [5.41, 5.74) is 0. The number of carbonyl (C=O) groups is 3. The predicted octanol–water partition coefficient (Wildman–Crippen LogP) is -0.205. The molecule has 4 N–H and O–H groups in total. The molecular formula is C13H25N3O5. The van der Waals surface area contributed by atoms with Crippen LogP contribution in [0, 0.1) is 11.8 Å². The highest BCUT2D eigenvalue weighted by atomic mass is 16.5. The number of hydrogen-bond acceptors (Lipinski definition) is 4. The van der Waals surface area contributed by atoms with Gasteiger partial charge in [-0.1, -0.05) is 13.8 Å². The molecule has 0 spiro atoms. The summed E-state index contributed by atoms with van der Waals surface area (Å²) in [6.45, 7) is 4.46. The number of ether oxygens (including phenoxy) is 1. The summed E-state index contributed by atoms with van der Waals surface area (Å²) in [6, 6.07) is -0.563. The van der Waals surface area contributed by atoms with E-state index < -0.39 is 17.9 Å². The number of urea groups is 1. The van der Waals surface area contributed by atoms with Gasteiger partial charge < -0.3 is 25.8 Å². The molecule has 8 heteroatoms. The number of carbonyl (C=O) groups excluding carboxylic acids is 2. The first-order valence-corrected chi connectivity index (χ1v) is 6.87. The van der Waals surface area contributed by atoms with Crippen molar-refractivity contribution in [1.82, 2.24) is 16.0 Å². The molecule has 0 heterocycles. The van der Waals surface area contributed by atoms with Crippen molar-refractivity contribution in [2.75, 3.05) is 33.4 Å². The van der Waals surface area contributed by atoms with E-state index in [0.717, 1.165) is 0 Å². The number of carboxylic acids is 1. The van der Waals surface area contributed by atoms with Crippen molar-refractivity contribution in [3.05, 3.63) is 0 Å². The first-order chi connectivity index (χ1) is 9.86. The van der Waals surface area contributed by atoms with Crippen LogP contribution in [0.2, 0.25) is 0 Å². The molecule has 0 aliphatic carbocycles. The minimum atomic E-state index is -0.943. The van der Waals surface area contributed by atoms with Crippen molar-refractivity contribution in [1.29, 1.82) is 0 Å². The predicted molar refractivity (Wildman–Crippen MR) is 76.9 cm³/mol. The summed E-state index contributed by atoms with van der Waals surface area (Å²) in [5.74, 6) is -1.69. The number of amides is 3. The smallest absolute Gasteiger partial charge is 0.315 e. The summed E-state index contributed by atoms with van der Waals surface area (Å²) in [4.78, 5) is 33.8. The van der Waals surface area contributed by atoms with Crippen LogP contribution in [0.4, 0.5) is 4.79 Å². The zero-order chi connectivity index (χ0) is 16.3. The minimum absolute atomic E-state index is 0.0324. The summed E-state index contributed by atoms with van der Waals surface area (Å²) in [6.07, 6.45) is 0.479. The molecule has 0 aromatic rings. The third-order valence-corrected chi connectivity index (χ3v) is 2.65. The Morgan fingerprint density at radius 2 is 1.81 bits per heavy atom. The molecule has 0 aromatic carbocycles. The Labute approximate surface area is 124 Å². The van der Waals surface area contributed by atoms with Gasteiger partial charge in [0.25, 0.3) is 0 Å². The lowest BCUT2D eigenvalue weighted by Crippen LogP contribution is -2.44. The van der Waals surface area contributed by atoms with Gasteiger partial charge in [-0.25, -0.2) is 4.79 Å². The number of nitrogens with one attached hydrogen (secondary N) is 3. The molecule has 1 atom stereocenters. The third kappa shape index (κ3) is 10.6. The van der Waals surface area contributed by atoms with Gasteiger partial charge in [0.2, 0.25) is 5.91 Å². The maximum atomic E-state index is 11.5. The van der Waals surface area contributed by atoms with Crippen LogP contribution in [0.25, 0.3) is 0 Å². The molecule has 0 radical (unpaired) electrons. The summed E-state index contributed by atoms with van der Waals surface area (Å²) in [7, 11) is 1.52. The lowest BCUT2D eigenvalue weighted by molar-refractivity contribution is -0.142. The third-order valence-electron chi connectivity index (χ3n) is 2.65. The summed E-state index contributed by atoms with van der Waals surface area (Å²) >= 11 is 0. The second kappa shape index (κ2) is 10.9. The van der Waals surface area contributed by atoms with Crippen molar-refractivity contribution in [3.8, 4) is 0 Å². The molecule has 0 rings (SSSR count). The molecule has 0 saturated heterocycles. The second-order valence-corrected chi connectivity index (χ2v) is 5.07. The quantitative estimate of drug-likeness (QED) is 0.417. The maximum Gasteiger partial charge on any atom is 0.315 e. The van der Waals surface area contributed by atoms with Gasteiger partial charge in [0, 0.05) is 20.2 Å². The standard InChI is InChI=1S/C13H25N3O5/c1-9(2)6-10(12(18)19)7-15-13(20)16-8-11(17)14-4-5-21-3/h9-10H,4-8H2,1-3H3,(H,14,17)(H,18,19)(H2,15,16,20). The van der Waals surface area contributed by atoms with Crippen molar-refractivity contribution < 1.29 is 24.2 Å². The topological polar surface area (TPSA) is 117 Å². The van der Waals surface area contributed by atoms with Gasteiger partial charge in [-0.3, -0.25) is 9.59 Å². The van der Waals surface area contributed by atoms with Gasteiger partial charge >= 0.3 is 12.0 Å². The highest BCUT2D eigenvalue weighted by Crippen LogP contribution is 2.10. The van der Waals surface area contributed by atoms with Gasteiger partial charge in [0.05, 0.1) is 19.1 Å². The maximum absolute atomic E-state index is 11.5. The first kappa shape index (κ1) is 19.2. The van der Waals surface area contributed by atoms with E-state index in [9.17, 15) is 14.4 Å². The van der Waals surface area contributed by atoms with Crippen LogP contribution in [0.1, 0.15) is 20.3 Å².